The molecule has 1 heterocycles. The molecule has 0 aromatic heterocycles. The van der Waals surface area contributed by atoms with Gasteiger partial charge in [0.1, 0.15) is 0 Å². The van der Waals surface area contributed by atoms with E-state index in [1.165, 1.54) is 11.3 Å². The van der Waals surface area contributed by atoms with Crippen molar-refractivity contribution in [3.8, 4) is 11.8 Å². The number of allylic oxidation sites excluding steroid dienone is 1. The molecule has 110 valence electrons. The summed E-state index contributed by atoms with van der Waals surface area (Å²) in [6.45, 7) is 2.99. The van der Waals surface area contributed by atoms with Gasteiger partial charge in [-0.25, -0.2) is 0 Å². The molecule has 1 aliphatic rings. The van der Waals surface area contributed by atoms with Gasteiger partial charge < -0.3 is 5.43 Å². The number of hydrogen-bond acceptors (Lipinski definition) is 2. The van der Waals surface area contributed by atoms with Gasteiger partial charge >= 0.3 is 0 Å². The van der Waals surface area contributed by atoms with Crippen molar-refractivity contribution < 1.29 is 0 Å². The summed E-state index contributed by atoms with van der Waals surface area (Å²) in [7, 11) is 0. The molecule has 0 atom stereocenters. The van der Waals surface area contributed by atoms with Crippen molar-refractivity contribution in [2.75, 3.05) is 11.6 Å². The zero-order chi connectivity index (χ0) is 15.4. The van der Waals surface area contributed by atoms with E-state index in [1.54, 1.807) is 0 Å². The molecule has 2 nitrogen and oxygen atoms in total. The minimum atomic E-state index is 0.720. The van der Waals surface area contributed by atoms with Crippen LogP contribution in [-0.2, 0) is 0 Å². The van der Waals surface area contributed by atoms with Crippen molar-refractivity contribution in [2.24, 2.45) is 0 Å². The molecular formula is C19H17ClN2. The monoisotopic (exact) mass is 308 g/mol. The lowest BCUT2D eigenvalue weighted by molar-refractivity contribution is 0.792. The van der Waals surface area contributed by atoms with Gasteiger partial charge in [0.25, 0.3) is 0 Å². The Bertz CT molecular complexity index is 754. The lowest BCUT2D eigenvalue weighted by Gasteiger charge is -2.20. The smallest absolute Gasteiger partial charge is 0.0622 e. The van der Waals surface area contributed by atoms with Gasteiger partial charge in [-0.1, -0.05) is 47.7 Å². The fourth-order valence-corrected chi connectivity index (χ4v) is 2.56. The van der Waals surface area contributed by atoms with E-state index in [9.17, 15) is 0 Å². The Morgan fingerprint density at radius 3 is 2.73 bits per heavy atom. The maximum Gasteiger partial charge on any atom is 0.0622 e. The number of hydrogen-bond donors (Lipinski definition) is 1. The van der Waals surface area contributed by atoms with E-state index in [0.29, 0.717) is 0 Å². The van der Waals surface area contributed by atoms with E-state index in [-0.39, 0.29) is 0 Å². The standard InChI is InChI=1S/C19H17ClN2/c1-15-14-22(18-11-6-10-17(20)13-18)21-19(15)12-5-9-16-7-3-2-4-8-16/h2-4,6-8,10-11,13,21H,12,14H2,1H3. The normalized spacial score (nSPS) is 13.6. The Labute approximate surface area is 136 Å². The third-order valence-electron chi connectivity index (χ3n) is 3.57. The molecule has 0 aliphatic carbocycles. The third-order valence-corrected chi connectivity index (χ3v) is 3.81. The first kappa shape index (κ1) is 14.6. The summed E-state index contributed by atoms with van der Waals surface area (Å²) < 4.78 is 0. The summed E-state index contributed by atoms with van der Waals surface area (Å²) in [5, 5.41) is 2.84. The van der Waals surface area contributed by atoms with Crippen LogP contribution in [0.2, 0.25) is 5.02 Å². The maximum atomic E-state index is 6.06. The van der Waals surface area contributed by atoms with Crippen molar-refractivity contribution in [1.29, 1.82) is 0 Å². The van der Waals surface area contributed by atoms with Gasteiger partial charge in [0.2, 0.25) is 0 Å². The van der Waals surface area contributed by atoms with Crippen LogP contribution in [0.4, 0.5) is 5.69 Å². The van der Waals surface area contributed by atoms with Crippen LogP contribution in [0, 0.1) is 11.8 Å². The average molecular weight is 309 g/mol. The molecule has 2 aromatic rings. The second-order valence-corrected chi connectivity index (χ2v) is 5.72. The van der Waals surface area contributed by atoms with Crippen LogP contribution in [0.5, 0.6) is 0 Å². The summed E-state index contributed by atoms with van der Waals surface area (Å²) in [6, 6.07) is 17.9. The highest BCUT2D eigenvalue weighted by molar-refractivity contribution is 6.30. The van der Waals surface area contributed by atoms with Gasteiger partial charge in [0, 0.05) is 16.3 Å². The van der Waals surface area contributed by atoms with E-state index < -0.39 is 0 Å². The molecule has 3 rings (SSSR count). The van der Waals surface area contributed by atoms with Crippen molar-refractivity contribution in [3.63, 3.8) is 0 Å². The van der Waals surface area contributed by atoms with E-state index in [4.69, 9.17) is 11.6 Å². The van der Waals surface area contributed by atoms with Crippen molar-refractivity contribution in [3.05, 3.63) is 76.5 Å². The minimum Gasteiger partial charge on any atom is -0.301 e. The van der Waals surface area contributed by atoms with Gasteiger partial charge in [-0.15, -0.1) is 0 Å². The Balaban J connectivity index is 1.66. The topological polar surface area (TPSA) is 15.3 Å². The van der Waals surface area contributed by atoms with Crippen molar-refractivity contribution >= 4 is 17.3 Å². The Morgan fingerprint density at radius 1 is 1.14 bits per heavy atom. The number of benzene rings is 2. The Morgan fingerprint density at radius 2 is 1.95 bits per heavy atom. The molecule has 0 fully saturated rings. The maximum absolute atomic E-state index is 6.06. The van der Waals surface area contributed by atoms with Crippen molar-refractivity contribution in [1.82, 2.24) is 5.43 Å². The van der Waals surface area contributed by atoms with Crippen LogP contribution in [0.15, 0.2) is 65.9 Å². The fraction of sp³-hybridized carbons (Fsp3) is 0.158. The van der Waals surface area contributed by atoms with Gasteiger partial charge in [0.05, 0.1) is 18.7 Å². The number of anilines is 1. The van der Waals surface area contributed by atoms with Crippen LogP contribution < -0.4 is 10.4 Å². The summed E-state index contributed by atoms with van der Waals surface area (Å²) in [6.07, 6.45) is 0.720. The minimum absolute atomic E-state index is 0.720. The fourth-order valence-electron chi connectivity index (χ4n) is 2.38. The molecular weight excluding hydrogens is 292 g/mol. The molecule has 22 heavy (non-hydrogen) atoms. The van der Waals surface area contributed by atoms with Crippen LogP contribution in [0.25, 0.3) is 0 Å². The predicted molar refractivity (Wildman–Crippen MR) is 92.6 cm³/mol. The van der Waals surface area contributed by atoms with Gasteiger partial charge in [-0.05, 0) is 42.8 Å². The quantitative estimate of drug-likeness (QED) is 0.828. The number of nitrogens with one attached hydrogen (secondary N) is 1. The zero-order valence-electron chi connectivity index (χ0n) is 12.4. The number of halogens is 1. The first-order chi connectivity index (χ1) is 10.7. The predicted octanol–water partition coefficient (Wildman–Crippen LogP) is 4.38. The second-order valence-electron chi connectivity index (χ2n) is 5.28. The van der Waals surface area contributed by atoms with E-state index in [2.05, 4.69) is 29.2 Å². The molecule has 0 radical (unpaired) electrons. The first-order valence-corrected chi connectivity index (χ1v) is 7.62. The molecule has 0 spiro atoms. The molecule has 0 saturated carbocycles. The van der Waals surface area contributed by atoms with Gasteiger partial charge in [-0.2, -0.15) is 0 Å². The second kappa shape index (κ2) is 6.60. The summed E-state index contributed by atoms with van der Waals surface area (Å²) in [5.41, 5.74) is 8.01. The third kappa shape index (κ3) is 3.44. The summed E-state index contributed by atoms with van der Waals surface area (Å²) in [5.74, 6) is 6.43. The molecule has 0 bridgehead atoms. The van der Waals surface area contributed by atoms with Crippen LogP contribution >= 0.6 is 11.6 Å². The molecule has 1 N–H and O–H groups in total. The van der Waals surface area contributed by atoms with Gasteiger partial charge in [0.15, 0.2) is 0 Å². The van der Waals surface area contributed by atoms with Gasteiger partial charge in [-0.3, -0.25) is 5.01 Å². The van der Waals surface area contributed by atoms with E-state index in [0.717, 1.165) is 29.2 Å². The summed E-state index contributed by atoms with van der Waals surface area (Å²) >= 11 is 6.06. The van der Waals surface area contributed by atoms with Crippen LogP contribution in [0.1, 0.15) is 18.9 Å². The first-order valence-electron chi connectivity index (χ1n) is 7.25. The lowest BCUT2D eigenvalue weighted by atomic mass is 10.2. The Hall–Kier alpha value is -2.37. The highest BCUT2D eigenvalue weighted by Crippen LogP contribution is 2.24. The number of hydrazine groups is 1. The van der Waals surface area contributed by atoms with E-state index >= 15 is 0 Å². The van der Waals surface area contributed by atoms with Crippen LogP contribution in [0.3, 0.4) is 0 Å². The molecule has 0 unspecified atom stereocenters. The molecule has 0 saturated heterocycles. The molecule has 0 amide bonds. The molecule has 1 aliphatic heterocycles. The van der Waals surface area contributed by atoms with E-state index in [1.807, 2.05) is 54.6 Å². The number of rotatable bonds is 2. The highest BCUT2D eigenvalue weighted by Gasteiger charge is 2.18. The number of nitrogens with zero attached hydrogens (tertiary/aromatic N) is 1. The van der Waals surface area contributed by atoms with Crippen LogP contribution in [-0.4, -0.2) is 6.54 Å². The highest BCUT2D eigenvalue weighted by atomic mass is 35.5. The molecule has 2 aromatic carbocycles. The average Bonchev–Trinajstić information content (AvgIpc) is 2.90. The van der Waals surface area contributed by atoms with Crippen molar-refractivity contribution in [2.45, 2.75) is 13.3 Å². The zero-order valence-corrected chi connectivity index (χ0v) is 13.2. The molecule has 3 heteroatoms. The summed E-state index contributed by atoms with van der Waals surface area (Å²) in [4.78, 5) is 0. The largest absolute Gasteiger partial charge is 0.301 e. The Kier molecular flexibility index (Phi) is 4.37. The SMILES string of the molecule is CC1=C(CC#Cc2ccccc2)NN(c2cccc(Cl)c2)C1. The lowest BCUT2D eigenvalue weighted by Crippen LogP contribution is -2.31.